The highest BCUT2D eigenvalue weighted by molar-refractivity contribution is 7.80. The van der Waals surface area contributed by atoms with E-state index in [1.165, 1.54) is 0 Å². The van der Waals surface area contributed by atoms with Gasteiger partial charge in [0.15, 0.2) is 5.11 Å². The summed E-state index contributed by atoms with van der Waals surface area (Å²) in [6, 6.07) is 13.8. The van der Waals surface area contributed by atoms with Crippen molar-refractivity contribution in [3.8, 4) is 5.75 Å². The van der Waals surface area contributed by atoms with Gasteiger partial charge in [-0.05, 0) is 42.0 Å². The Balaban J connectivity index is 1.94. The van der Waals surface area contributed by atoms with Gasteiger partial charge in [-0.3, -0.25) is 9.59 Å². The number of amides is 2. The highest BCUT2D eigenvalue weighted by Gasteiger charge is 2.10. The van der Waals surface area contributed by atoms with Crippen molar-refractivity contribution in [2.24, 2.45) is 5.73 Å². The first kappa shape index (κ1) is 17.4. The van der Waals surface area contributed by atoms with Crippen LogP contribution in [-0.4, -0.2) is 24.0 Å². The van der Waals surface area contributed by atoms with Gasteiger partial charge in [0, 0.05) is 0 Å². The van der Waals surface area contributed by atoms with Crippen LogP contribution in [0.25, 0.3) is 0 Å². The van der Waals surface area contributed by atoms with Crippen LogP contribution in [0.1, 0.15) is 15.9 Å². The second kappa shape index (κ2) is 8.07. The lowest BCUT2D eigenvalue weighted by atomic mass is 10.1. The number of nitrogens with one attached hydrogen (secondary N) is 2. The number of carbonyl (C=O) groups excluding carboxylic acids is 2. The van der Waals surface area contributed by atoms with E-state index in [-0.39, 0.29) is 17.4 Å². The zero-order valence-electron chi connectivity index (χ0n) is 13.0. The van der Waals surface area contributed by atoms with Gasteiger partial charge in [0.2, 0.25) is 5.91 Å². The van der Waals surface area contributed by atoms with Crippen LogP contribution >= 0.6 is 12.2 Å². The third-order valence-corrected chi connectivity index (χ3v) is 3.42. The number of nitrogens with two attached hydrogens (primary N) is 1. The molecule has 7 heteroatoms. The van der Waals surface area contributed by atoms with E-state index in [1.54, 1.807) is 55.6 Å². The van der Waals surface area contributed by atoms with Crippen LogP contribution in [0.3, 0.4) is 0 Å². The Morgan fingerprint density at radius 3 is 2.42 bits per heavy atom. The second-order valence-electron chi connectivity index (χ2n) is 4.94. The van der Waals surface area contributed by atoms with Crippen LogP contribution in [0, 0.1) is 0 Å². The molecule has 0 aliphatic carbocycles. The van der Waals surface area contributed by atoms with Crippen LogP contribution in [0.5, 0.6) is 5.75 Å². The van der Waals surface area contributed by atoms with Crippen molar-refractivity contribution in [1.29, 1.82) is 0 Å². The van der Waals surface area contributed by atoms with Gasteiger partial charge in [-0.2, -0.15) is 0 Å². The summed E-state index contributed by atoms with van der Waals surface area (Å²) in [5, 5.41) is 5.47. The van der Waals surface area contributed by atoms with Crippen molar-refractivity contribution < 1.29 is 14.3 Å². The van der Waals surface area contributed by atoms with Crippen LogP contribution < -0.4 is 21.1 Å². The molecule has 0 atom stereocenters. The molecular formula is C17H17N3O3S. The summed E-state index contributed by atoms with van der Waals surface area (Å²) in [7, 11) is 1.58. The fourth-order valence-electron chi connectivity index (χ4n) is 2.06. The molecule has 4 N–H and O–H groups in total. The first-order valence-electron chi connectivity index (χ1n) is 7.12. The fourth-order valence-corrected chi connectivity index (χ4v) is 2.28. The van der Waals surface area contributed by atoms with Gasteiger partial charge in [0.25, 0.3) is 5.91 Å². The first-order valence-corrected chi connectivity index (χ1v) is 7.53. The number of carbonyl (C=O) groups is 2. The number of ether oxygens (including phenoxy) is 1. The second-order valence-corrected chi connectivity index (χ2v) is 5.35. The van der Waals surface area contributed by atoms with Crippen molar-refractivity contribution in [2.45, 2.75) is 6.42 Å². The topological polar surface area (TPSA) is 93.4 Å². The molecule has 0 saturated heterocycles. The fraction of sp³-hybridized carbons (Fsp3) is 0.118. The maximum absolute atomic E-state index is 12.0. The molecular weight excluding hydrogens is 326 g/mol. The zero-order valence-corrected chi connectivity index (χ0v) is 13.9. The minimum Gasteiger partial charge on any atom is -0.497 e. The molecule has 0 saturated carbocycles. The molecule has 24 heavy (non-hydrogen) atoms. The number of hydrogen-bond acceptors (Lipinski definition) is 4. The van der Waals surface area contributed by atoms with Crippen molar-refractivity contribution in [1.82, 2.24) is 5.32 Å². The molecule has 0 aliphatic rings. The summed E-state index contributed by atoms with van der Waals surface area (Å²) in [5.41, 5.74) is 6.86. The molecule has 0 fully saturated rings. The molecule has 2 aromatic rings. The Morgan fingerprint density at radius 2 is 1.79 bits per heavy atom. The van der Waals surface area contributed by atoms with Gasteiger partial charge < -0.3 is 21.1 Å². The van der Waals surface area contributed by atoms with Crippen molar-refractivity contribution >= 4 is 34.8 Å². The molecule has 0 aromatic heterocycles. The van der Waals surface area contributed by atoms with Crippen LogP contribution in [0.15, 0.2) is 48.5 Å². The summed E-state index contributed by atoms with van der Waals surface area (Å²) < 4.78 is 5.07. The summed E-state index contributed by atoms with van der Waals surface area (Å²) >= 11 is 5.10. The molecule has 2 amide bonds. The Bertz CT molecular complexity index is 760. The molecule has 124 valence electrons. The number of rotatable bonds is 5. The lowest BCUT2D eigenvalue weighted by Crippen LogP contribution is -2.35. The van der Waals surface area contributed by atoms with E-state index < -0.39 is 5.91 Å². The highest BCUT2D eigenvalue weighted by Crippen LogP contribution is 2.14. The molecule has 2 rings (SSSR count). The van der Waals surface area contributed by atoms with Gasteiger partial charge in [-0.25, -0.2) is 0 Å². The Morgan fingerprint density at radius 1 is 1.12 bits per heavy atom. The largest absolute Gasteiger partial charge is 0.497 e. The minimum absolute atomic E-state index is 0.0993. The number of benzene rings is 2. The smallest absolute Gasteiger partial charge is 0.250 e. The summed E-state index contributed by atoms with van der Waals surface area (Å²) in [5.74, 6) is -0.126. The summed E-state index contributed by atoms with van der Waals surface area (Å²) in [4.78, 5) is 23.4. The van der Waals surface area contributed by atoms with E-state index in [0.717, 1.165) is 11.3 Å². The van der Waals surface area contributed by atoms with Gasteiger partial charge in [-0.15, -0.1) is 0 Å². The predicted octanol–water partition coefficient (Wildman–Crippen LogP) is 1.85. The average Bonchev–Trinajstić information content (AvgIpc) is 2.55. The Hall–Kier alpha value is -2.93. The lowest BCUT2D eigenvalue weighted by Gasteiger charge is -2.12. The minimum atomic E-state index is -0.578. The van der Waals surface area contributed by atoms with Gasteiger partial charge in [0.1, 0.15) is 5.75 Å². The van der Waals surface area contributed by atoms with Crippen molar-refractivity contribution in [2.75, 3.05) is 12.4 Å². The standard InChI is InChI=1S/C17H17N3O3S/c1-23-12-8-6-11(7-9-12)10-15(21)20-17(24)19-14-5-3-2-4-13(14)16(18)22/h2-9H,10H2,1H3,(H2,18,22)(H2,19,20,21,24). The molecule has 0 aliphatic heterocycles. The average molecular weight is 343 g/mol. The molecule has 0 spiro atoms. The quantitative estimate of drug-likeness (QED) is 0.721. The number of methoxy groups -OCH3 is 1. The van der Waals surface area contributed by atoms with E-state index in [0.29, 0.717) is 11.3 Å². The van der Waals surface area contributed by atoms with E-state index in [4.69, 9.17) is 22.7 Å². The molecule has 2 aromatic carbocycles. The summed E-state index contributed by atoms with van der Waals surface area (Å²) in [6.07, 6.45) is 0.170. The van der Waals surface area contributed by atoms with Gasteiger partial charge >= 0.3 is 0 Å². The predicted molar refractivity (Wildman–Crippen MR) is 96.0 cm³/mol. The SMILES string of the molecule is COc1ccc(CC(=O)NC(=S)Nc2ccccc2C(N)=O)cc1. The monoisotopic (exact) mass is 343 g/mol. The van der Waals surface area contributed by atoms with Gasteiger partial charge in [-0.1, -0.05) is 24.3 Å². The number of primary amides is 1. The normalized spacial score (nSPS) is 9.88. The maximum Gasteiger partial charge on any atom is 0.250 e. The lowest BCUT2D eigenvalue weighted by molar-refractivity contribution is -0.119. The Labute approximate surface area is 145 Å². The number of hydrogen-bond donors (Lipinski definition) is 3. The number of thiocarbonyl (C=S) groups is 1. The van der Waals surface area contributed by atoms with E-state index in [9.17, 15) is 9.59 Å². The first-order chi connectivity index (χ1) is 11.5. The number of anilines is 1. The third-order valence-electron chi connectivity index (χ3n) is 3.22. The van der Waals surface area contributed by atoms with Crippen molar-refractivity contribution in [3.05, 3.63) is 59.7 Å². The molecule has 6 nitrogen and oxygen atoms in total. The molecule has 0 unspecified atom stereocenters. The summed E-state index contributed by atoms with van der Waals surface area (Å²) in [6.45, 7) is 0. The number of para-hydroxylation sites is 1. The van der Waals surface area contributed by atoms with Crippen LogP contribution in [-0.2, 0) is 11.2 Å². The van der Waals surface area contributed by atoms with Gasteiger partial charge in [0.05, 0.1) is 24.8 Å². The zero-order chi connectivity index (χ0) is 17.5. The van der Waals surface area contributed by atoms with Crippen molar-refractivity contribution in [3.63, 3.8) is 0 Å². The van der Waals surface area contributed by atoms with E-state index >= 15 is 0 Å². The van der Waals surface area contributed by atoms with Crippen LogP contribution in [0.4, 0.5) is 5.69 Å². The molecule has 0 heterocycles. The third kappa shape index (κ3) is 4.79. The molecule has 0 radical (unpaired) electrons. The van der Waals surface area contributed by atoms with E-state index in [2.05, 4.69) is 10.6 Å². The maximum atomic E-state index is 12.0. The highest BCUT2D eigenvalue weighted by atomic mass is 32.1. The van der Waals surface area contributed by atoms with Crippen LogP contribution in [0.2, 0.25) is 0 Å². The Kier molecular flexibility index (Phi) is 5.86. The van der Waals surface area contributed by atoms with E-state index in [1.807, 2.05) is 0 Å². The molecule has 0 bridgehead atoms.